The van der Waals surface area contributed by atoms with Gasteiger partial charge in [-0.2, -0.15) is 5.10 Å². The lowest BCUT2D eigenvalue weighted by Crippen LogP contribution is -2.28. The minimum absolute atomic E-state index is 0.103. The highest BCUT2D eigenvalue weighted by atomic mass is 32.2. The number of nitrogens with zero attached hydrogens (tertiary/aromatic N) is 5. The van der Waals surface area contributed by atoms with Crippen molar-refractivity contribution in [1.82, 2.24) is 25.1 Å². The van der Waals surface area contributed by atoms with Crippen molar-refractivity contribution >= 4 is 40.6 Å². The fourth-order valence-electron chi connectivity index (χ4n) is 5.24. The fourth-order valence-corrected chi connectivity index (χ4v) is 6.80. The molecule has 11 heteroatoms. The summed E-state index contributed by atoms with van der Waals surface area (Å²) in [7, 11) is 1.59. The molecule has 0 unspecified atom stereocenters. The molecule has 0 saturated heterocycles. The first-order valence-corrected chi connectivity index (χ1v) is 16.9. The van der Waals surface area contributed by atoms with E-state index in [-0.39, 0.29) is 30.2 Å². The van der Waals surface area contributed by atoms with Crippen LogP contribution in [0.25, 0.3) is 0 Å². The van der Waals surface area contributed by atoms with Crippen molar-refractivity contribution in [1.29, 1.82) is 0 Å². The minimum Gasteiger partial charge on any atom is -0.497 e. The van der Waals surface area contributed by atoms with E-state index in [1.165, 1.54) is 22.9 Å². The monoisotopic (exact) mass is 650 g/mol. The van der Waals surface area contributed by atoms with E-state index < -0.39 is 0 Å². The van der Waals surface area contributed by atoms with Gasteiger partial charge < -0.3 is 14.6 Å². The molecule has 2 aromatic heterocycles. The zero-order valence-electron chi connectivity index (χ0n) is 25.6. The predicted octanol–water partition coefficient (Wildman–Crippen LogP) is 6.30. The Labute approximate surface area is 276 Å². The molecule has 1 N–H and O–H groups in total. The average molecular weight is 651 g/mol. The van der Waals surface area contributed by atoms with Crippen LogP contribution >= 0.6 is 23.1 Å². The SMILES string of the molecule is COc1ccc(C(=O)NCc2nnc(SCC(=O)N3N=C(c4cccs4)C[C@H]3c3ccc(C)cc3)n2CCc2ccccc2)cc1. The number of hydrogen-bond acceptors (Lipinski definition) is 8. The van der Waals surface area contributed by atoms with E-state index in [0.29, 0.717) is 35.3 Å². The Bertz CT molecular complexity index is 1800. The predicted molar refractivity (Wildman–Crippen MR) is 181 cm³/mol. The van der Waals surface area contributed by atoms with Crippen molar-refractivity contribution in [2.45, 2.75) is 44.1 Å². The second-order valence-corrected chi connectivity index (χ2v) is 12.8. The third-order valence-electron chi connectivity index (χ3n) is 7.78. The maximum Gasteiger partial charge on any atom is 0.253 e. The summed E-state index contributed by atoms with van der Waals surface area (Å²) in [6.07, 6.45) is 1.40. The van der Waals surface area contributed by atoms with Crippen molar-refractivity contribution in [2.75, 3.05) is 12.9 Å². The lowest BCUT2D eigenvalue weighted by Gasteiger charge is -2.22. The van der Waals surface area contributed by atoms with E-state index in [4.69, 9.17) is 9.84 Å². The number of benzene rings is 3. The molecule has 0 fully saturated rings. The third kappa shape index (κ3) is 7.38. The van der Waals surface area contributed by atoms with Gasteiger partial charge in [-0.05, 0) is 60.2 Å². The van der Waals surface area contributed by atoms with Crippen LogP contribution in [0.3, 0.4) is 0 Å². The number of methoxy groups -OCH3 is 1. The van der Waals surface area contributed by atoms with Crippen LogP contribution in [0.15, 0.2) is 107 Å². The Kier molecular flexibility index (Phi) is 9.90. The molecular formula is C35H34N6O3S2. The van der Waals surface area contributed by atoms with Gasteiger partial charge in [-0.3, -0.25) is 9.59 Å². The Morgan fingerprint density at radius 1 is 0.978 bits per heavy atom. The topological polar surface area (TPSA) is 102 Å². The molecule has 0 spiro atoms. The summed E-state index contributed by atoms with van der Waals surface area (Å²) in [4.78, 5) is 27.7. The number of amides is 2. The number of carbonyl (C=O) groups is 2. The smallest absolute Gasteiger partial charge is 0.253 e. The van der Waals surface area contributed by atoms with Gasteiger partial charge >= 0.3 is 0 Å². The molecule has 46 heavy (non-hydrogen) atoms. The maximum absolute atomic E-state index is 13.8. The van der Waals surface area contributed by atoms with Gasteiger partial charge in [-0.15, -0.1) is 21.5 Å². The molecule has 0 radical (unpaired) electrons. The third-order valence-corrected chi connectivity index (χ3v) is 9.65. The molecule has 1 aliphatic heterocycles. The zero-order valence-corrected chi connectivity index (χ0v) is 27.3. The number of aryl methyl sites for hydroxylation is 2. The Morgan fingerprint density at radius 2 is 1.76 bits per heavy atom. The molecule has 1 atom stereocenters. The van der Waals surface area contributed by atoms with Crippen molar-refractivity contribution in [3.63, 3.8) is 0 Å². The Balaban J connectivity index is 1.19. The van der Waals surface area contributed by atoms with Crippen LogP contribution in [0.5, 0.6) is 5.75 Å². The Hall–Kier alpha value is -4.74. The Morgan fingerprint density at radius 3 is 2.48 bits per heavy atom. The number of thioether (sulfide) groups is 1. The van der Waals surface area contributed by atoms with Gasteiger partial charge in [0.25, 0.3) is 11.8 Å². The van der Waals surface area contributed by atoms with Gasteiger partial charge in [0.15, 0.2) is 11.0 Å². The number of hydrazone groups is 1. The number of hydrogen-bond donors (Lipinski definition) is 1. The van der Waals surface area contributed by atoms with Crippen molar-refractivity contribution < 1.29 is 14.3 Å². The molecule has 3 heterocycles. The van der Waals surface area contributed by atoms with E-state index >= 15 is 0 Å². The van der Waals surface area contributed by atoms with Crippen molar-refractivity contribution in [3.05, 3.63) is 129 Å². The summed E-state index contributed by atoms with van der Waals surface area (Å²) >= 11 is 2.96. The average Bonchev–Trinajstić information content (AvgIpc) is 3.86. The molecule has 2 amide bonds. The van der Waals surface area contributed by atoms with Crippen molar-refractivity contribution in [2.24, 2.45) is 5.10 Å². The molecule has 3 aromatic carbocycles. The molecule has 0 bridgehead atoms. The highest BCUT2D eigenvalue weighted by Gasteiger charge is 2.33. The lowest BCUT2D eigenvalue weighted by atomic mass is 10.00. The van der Waals surface area contributed by atoms with Crippen LogP contribution in [0.2, 0.25) is 0 Å². The van der Waals surface area contributed by atoms with Crippen molar-refractivity contribution in [3.8, 4) is 5.75 Å². The van der Waals surface area contributed by atoms with E-state index in [9.17, 15) is 9.59 Å². The van der Waals surface area contributed by atoms with Crippen LogP contribution in [0.1, 0.15) is 50.2 Å². The number of thiophene rings is 1. The summed E-state index contributed by atoms with van der Waals surface area (Å²) in [5, 5.41) is 20.9. The van der Waals surface area contributed by atoms with Gasteiger partial charge in [-0.25, -0.2) is 5.01 Å². The molecule has 234 valence electrons. The minimum atomic E-state index is -0.222. The standard InChI is InChI=1S/C35H34N6O3S2/c1-24-10-12-26(13-11-24)30-21-29(31-9-6-20-45-31)39-41(30)33(42)23-46-35-38-37-32(40(35)19-18-25-7-4-3-5-8-25)22-36-34(43)27-14-16-28(44-2)17-15-27/h3-17,20,30H,18-19,21-23H2,1-2H3,(H,36,43)/t30-/m0/s1. The summed E-state index contributed by atoms with van der Waals surface area (Å²) in [5.74, 6) is 1.12. The van der Waals surface area contributed by atoms with E-state index in [2.05, 4.69) is 58.8 Å². The fraction of sp³-hybridized carbons (Fsp3) is 0.229. The quantitative estimate of drug-likeness (QED) is 0.159. The van der Waals surface area contributed by atoms with Gasteiger partial charge in [0.1, 0.15) is 5.75 Å². The van der Waals surface area contributed by atoms with Crippen LogP contribution in [-0.4, -0.2) is 50.2 Å². The number of carbonyl (C=O) groups excluding carboxylic acids is 2. The van der Waals surface area contributed by atoms with Crippen LogP contribution in [0, 0.1) is 6.92 Å². The number of aromatic nitrogens is 3. The number of nitrogens with one attached hydrogen (secondary N) is 1. The highest BCUT2D eigenvalue weighted by Crippen LogP contribution is 2.35. The van der Waals surface area contributed by atoms with Crippen LogP contribution in [0.4, 0.5) is 0 Å². The molecule has 6 rings (SSSR count). The first kappa shape index (κ1) is 31.3. The summed E-state index contributed by atoms with van der Waals surface area (Å²) < 4.78 is 7.18. The molecule has 9 nitrogen and oxygen atoms in total. The van der Waals surface area contributed by atoms with Gasteiger partial charge in [-0.1, -0.05) is 78.0 Å². The second kappa shape index (κ2) is 14.6. The van der Waals surface area contributed by atoms with Crippen LogP contribution < -0.4 is 10.1 Å². The summed E-state index contributed by atoms with van der Waals surface area (Å²) in [5.41, 5.74) is 4.83. The number of ether oxygens (including phenoxy) is 1. The van der Waals surface area contributed by atoms with Gasteiger partial charge in [0, 0.05) is 18.5 Å². The normalized spacial score (nSPS) is 14.3. The second-order valence-electron chi connectivity index (χ2n) is 10.9. The number of rotatable bonds is 12. The first-order chi connectivity index (χ1) is 22.5. The lowest BCUT2D eigenvalue weighted by molar-refractivity contribution is -0.130. The maximum atomic E-state index is 13.8. The van der Waals surface area contributed by atoms with Gasteiger partial charge in [0.2, 0.25) is 0 Å². The molecule has 5 aromatic rings. The molecule has 1 aliphatic rings. The van der Waals surface area contributed by atoms with Gasteiger partial charge in [0.05, 0.1) is 36.0 Å². The zero-order chi connectivity index (χ0) is 31.9. The van der Waals surface area contributed by atoms with E-state index in [1.807, 2.05) is 40.3 Å². The molecule has 0 aliphatic carbocycles. The summed E-state index contributed by atoms with van der Waals surface area (Å²) in [6.45, 7) is 2.84. The molecule has 0 saturated carbocycles. The van der Waals surface area contributed by atoms with E-state index in [1.54, 1.807) is 47.7 Å². The van der Waals surface area contributed by atoms with Crippen LogP contribution in [-0.2, 0) is 24.3 Å². The summed E-state index contributed by atoms with van der Waals surface area (Å²) in [6, 6.07) is 29.3. The molecular weight excluding hydrogens is 617 g/mol. The largest absolute Gasteiger partial charge is 0.497 e. The highest BCUT2D eigenvalue weighted by molar-refractivity contribution is 7.99. The first-order valence-electron chi connectivity index (χ1n) is 15.0. The van der Waals surface area contributed by atoms with E-state index in [0.717, 1.165) is 22.6 Å².